The molecule has 1 aliphatic rings. The Morgan fingerprint density at radius 3 is 2.83 bits per heavy atom. The smallest absolute Gasteiger partial charge is 0.251 e. The van der Waals surface area contributed by atoms with Crippen molar-refractivity contribution in [2.75, 3.05) is 13.2 Å². The van der Waals surface area contributed by atoms with Crippen molar-refractivity contribution in [1.29, 1.82) is 0 Å². The Balaban J connectivity index is 1.58. The van der Waals surface area contributed by atoms with E-state index in [2.05, 4.69) is 5.32 Å². The Bertz CT molecular complexity index is 651. The summed E-state index contributed by atoms with van der Waals surface area (Å²) in [5, 5.41) is 3.00. The molecular formula is C18H21NO4. The Morgan fingerprint density at radius 1 is 1.22 bits per heavy atom. The second kappa shape index (κ2) is 7.22. The third-order valence-electron chi connectivity index (χ3n) is 3.79. The van der Waals surface area contributed by atoms with Gasteiger partial charge in [-0.2, -0.15) is 0 Å². The molecule has 1 amide bonds. The number of amides is 1. The predicted octanol–water partition coefficient (Wildman–Crippen LogP) is 3.19. The first-order chi connectivity index (χ1) is 11.2. The van der Waals surface area contributed by atoms with Crippen LogP contribution in [0.15, 0.2) is 41.0 Å². The quantitative estimate of drug-likeness (QED) is 0.920. The van der Waals surface area contributed by atoms with Gasteiger partial charge in [0.05, 0.1) is 19.5 Å². The van der Waals surface area contributed by atoms with Gasteiger partial charge in [-0.25, -0.2) is 0 Å². The van der Waals surface area contributed by atoms with Crippen LogP contribution in [-0.4, -0.2) is 25.2 Å². The van der Waals surface area contributed by atoms with Crippen LogP contribution in [0.5, 0.6) is 11.5 Å². The molecule has 0 radical (unpaired) electrons. The molecule has 0 saturated carbocycles. The molecule has 23 heavy (non-hydrogen) atoms. The van der Waals surface area contributed by atoms with E-state index in [1.807, 2.05) is 19.1 Å². The summed E-state index contributed by atoms with van der Waals surface area (Å²) in [7, 11) is 0. The minimum Gasteiger partial charge on any atom is -0.490 e. The number of benzene rings is 1. The van der Waals surface area contributed by atoms with Crippen molar-refractivity contribution in [2.24, 2.45) is 0 Å². The molecule has 0 fully saturated rings. The number of nitrogens with one attached hydrogen (secondary N) is 1. The minimum absolute atomic E-state index is 0.0589. The van der Waals surface area contributed by atoms with Crippen LogP contribution in [0.4, 0.5) is 0 Å². The van der Waals surface area contributed by atoms with Crippen LogP contribution in [0.2, 0.25) is 0 Å². The van der Waals surface area contributed by atoms with E-state index < -0.39 is 0 Å². The first kappa shape index (κ1) is 15.5. The van der Waals surface area contributed by atoms with Gasteiger partial charge in [0.15, 0.2) is 11.5 Å². The number of hydrogen-bond donors (Lipinski definition) is 1. The Labute approximate surface area is 135 Å². The van der Waals surface area contributed by atoms with Gasteiger partial charge in [-0.3, -0.25) is 4.79 Å². The molecular weight excluding hydrogens is 294 g/mol. The molecule has 1 atom stereocenters. The van der Waals surface area contributed by atoms with Crippen LogP contribution >= 0.6 is 0 Å². The van der Waals surface area contributed by atoms with Crippen LogP contribution < -0.4 is 14.8 Å². The molecule has 122 valence electrons. The molecule has 1 aromatic carbocycles. The Kier molecular flexibility index (Phi) is 4.86. The predicted molar refractivity (Wildman–Crippen MR) is 86.0 cm³/mol. The number of carbonyl (C=O) groups is 1. The van der Waals surface area contributed by atoms with Crippen molar-refractivity contribution in [1.82, 2.24) is 5.32 Å². The van der Waals surface area contributed by atoms with Gasteiger partial charge in [0.2, 0.25) is 0 Å². The van der Waals surface area contributed by atoms with Crippen LogP contribution in [0.25, 0.3) is 0 Å². The normalized spacial score (nSPS) is 14.8. The average Bonchev–Trinajstić information content (AvgIpc) is 2.96. The Hall–Kier alpha value is -2.43. The first-order valence-electron chi connectivity index (χ1n) is 7.95. The highest BCUT2D eigenvalue weighted by Crippen LogP contribution is 2.30. The minimum atomic E-state index is -0.104. The molecule has 3 rings (SSSR count). The fraction of sp³-hybridized carbons (Fsp3) is 0.389. The highest BCUT2D eigenvalue weighted by atomic mass is 16.5. The van der Waals surface area contributed by atoms with E-state index in [1.54, 1.807) is 24.5 Å². The topological polar surface area (TPSA) is 60.7 Å². The van der Waals surface area contributed by atoms with Crippen LogP contribution in [-0.2, 0) is 6.42 Å². The van der Waals surface area contributed by atoms with Gasteiger partial charge in [-0.15, -0.1) is 0 Å². The number of rotatable bonds is 5. The van der Waals surface area contributed by atoms with Crippen molar-refractivity contribution in [3.8, 4) is 11.5 Å². The maximum Gasteiger partial charge on any atom is 0.251 e. The van der Waals surface area contributed by atoms with Gasteiger partial charge in [0.1, 0.15) is 5.76 Å². The lowest BCUT2D eigenvalue weighted by atomic mass is 10.1. The summed E-state index contributed by atoms with van der Waals surface area (Å²) in [5.41, 5.74) is 0.582. The van der Waals surface area contributed by atoms with Gasteiger partial charge in [0, 0.05) is 24.4 Å². The van der Waals surface area contributed by atoms with E-state index in [1.165, 1.54) is 0 Å². The fourth-order valence-corrected chi connectivity index (χ4v) is 2.50. The molecule has 0 unspecified atom stereocenters. The molecule has 0 saturated heterocycles. The number of fused-ring (bicyclic) bond motifs is 1. The SMILES string of the molecule is C[C@@H](CCc1ccco1)NC(=O)c1ccc2c(c1)OCCCO2. The number of hydrogen-bond acceptors (Lipinski definition) is 4. The summed E-state index contributed by atoms with van der Waals surface area (Å²) in [6, 6.07) is 9.18. The summed E-state index contributed by atoms with van der Waals surface area (Å²) in [4.78, 5) is 12.4. The molecule has 5 nitrogen and oxygen atoms in total. The monoisotopic (exact) mass is 315 g/mol. The van der Waals surface area contributed by atoms with Crippen LogP contribution in [0.3, 0.4) is 0 Å². The summed E-state index contributed by atoms with van der Waals surface area (Å²) in [5.74, 6) is 2.16. The summed E-state index contributed by atoms with van der Waals surface area (Å²) < 4.78 is 16.5. The molecule has 1 aliphatic heterocycles. The molecule has 5 heteroatoms. The van der Waals surface area contributed by atoms with E-state index in [4.69, 9.17) is 13.9 Å². The standard InChI is InChI=1S/C18H21NO4/c1-13(5-7-15-4-2-9-21-15)19-18(20)14-6-8-16-17(12-14)23-11-3-10-22-16/h2,4,6,8-9,12-13H,3,5,7,10-11H2,1H3,(H,19,20)/t13-/m0/s1. The lowest BCUT2D eigenvalue weighted by Crippen LogP contribution is -2.32. The highest BCUT2D eigenvalue weighted by Gasteiger charge is 2.15. The maximum absolute atomic E-state index is 12.4. The van der Waals surface area contributed by atoms with Crippen molar-refractivity contribution < 1.29 is 18.7 Å². The molecule has 0 spiro atoms. The van der Waals surface area contributed by atoms with Gasteiger partial charge >= 0.3 is 0 Å². The summed E-state index contributed by atoms with van der Waals surface area (Å²) >= 11 is 0. The molecule has 2 heterocycles. The van der Waals surface area contributed by atoms with E-state index in [0.717, 1.165) is 25.0 Å². The number of furan rings is 1. The fourth-order valence-electron chi connectivity index (χ4n) is 2.50. The average molecular weight is 315 g/mol. The number of aryl methyl sites for hydroxylation is 1. The van der Waals surface area contributed by atoms with Crippen molar-refractivity contribution in [3.63, 3.8) is 0 Å². The second-order valence-corrected chi connectivity index (χ2v) is 5.70. The van der Waals surface area contributed by atoms with Crippen LogP contribution in [0, 0.1) is 0 Å². The molecule has 0 aliphatic carbocycles. The molecule has 0 bridgehead atoms. The van der Waals surface area contributed by atoms with E-state index >= 15 is 0 Å². The summed E-state index contributed by atoms with van der Waals surface area (Å²) in [6.07, 6.45) is 4.13. The third-order valence-corrected chi connectivity index (χ3v) is 3.79. The lowest BCUT2D eigenvalue weighted by Gasteiger charge is -2.14. The van der Waals surface area contributed by atoms with Crippen molar-refractivity contribution in [2.45, 2.75) is 32.2 Å². The number of ether oxygens (including phenoxy) is 2. The Morgan fingerprint density at radius 2 is 2.04 bits per heavy atom. The maximum atomic E-state index is 12.4. The van der Waals surface area contributed by atoms with Crippen molar-refractivity contribution in [3.05, 3.63) is 47.9 Å². The van der Waals surface area contributed by atoms with Gasteiger partial charge in [0.25, 0.3) is 5.91 Å². The van der Waals surface area contributed by atoms with E-state index in [0.29, 0.717) is 30.3 Å². The van der Waals surface area contributed by atoms with Crippen LogP contribution in [0.1, 0.15) is 35.9 Å². The number of carbonyl (C=O) groups excluding carboxylic acids is 1. The zero-order chi connectivity index (χ0) is 16.1. The van der Waals surface area contributed by atoms with Gasteiger partial charge in [-0.1, -0.05) is 0 Å². The lowest BCUT2D eigenvalue weighted by molar-refractivity contribution is 0.0937. The molecule has 2 aromatic rings. The molecule has 1 N–H and O–H groups in total. The van der Waals surface area contributed by atoms with Gasteiger partial charge < -0.3 is 19.2 Å². The van der Waals surface area contributed by atoms with E-state index in [9.17, 15) is 4.79 Å². The molecule has 1 aromatic heterocycles. The second-order valence-electron chi connectivity index (χ2n) is 5.70. The highest BCUT2D eigenvalue weighted by molar-refractivity contribution is 5.95. The largest absolute Gasteiger partial charge is 0.490 e. The zero-order valence-corrected chi connectivity index (χ0v) is 13.2. The summed E-state index contributed by atoms with van der Waals surface area (Å²) in [6.45, 7) is 3.24. The third kappa shape index (κ3) is 4.06. The first-order valence-corrected chi connectivity index (χ1v) is 7.95. The van der Waals surface area contributed by atoms with Gasteiger partial charge in [-0.05, 0) is 43.7 Å². The van der Waals surface area contributed by atoms with Crippen molar-refractivity contribution >= 4 is 5.91 Å². The zero-order valence-electron chi connectivity index (χ0n) is 13.2. The van der Waals surface area contributed by atoms with E-state index in [-0.39, 0.29) is 11.9 Å².